The number of urea groups is 1. The Bertz CT molecular complexity index is 716. The zero-order chi connectivity index (χ0) is 16.9. The maximum Gasteiger partial charge on any atom is 0.323 e. The number of carbonyl (C=O) groups is 1. The van der Waals surface area contributed by atoms with Gasteiger partial charge in [0.25, 0.3) is 0 Å². The second kappa shape index (κ2) is 7.68. The lowest BCUT2D eigenvalue weighted by Crippen LogP contribution is -2.39. The minimum Gasteiger partial charge on any atom is -0.385 e. The van der Waals surface area contributed by atoms with E-state index in [-0.39, 0.29) is 6.03 Å². The first-order valence-electron chi connectivity index (χ1n) is 8.01. The van der Waals surface area contributed by atoms with Gasteiger partial charge in [0, 0.05) is 50.6 Å². The molecule has 2 aromatic rings. The fraction of sp³-hybridized carbons (Fsp3) is 0.412. The van der Waals surface area contributed by atoms with Crippen molar-refractivity contribution in [2.45, 2.75) is 25.9 Å². The summed E-state index contributed by atoms with van der Waals surface area (Å²) < 4.78 is 6.83. The fourth-order valence-electron chi connectivity index (χ4n) is 2.81. The Balaban J connectivity index is 1.57. The summed E-state index contributed by atoms with van der Waals surface area (Å²) in [6.45, 7) is 2.71. The second-order valence-corrected chi connectivity index (χ2v) is 6.26. The Hall–Kier alpha value is -2.05. The van der Waals surface area contributed by atoms with Gasteiger partial charge in [-0.1, -0.05) is 17.7 Å². The Kier molecular flexibility index (Phi) is 5.37. The molecule has 1 aromatic carbocycles. The van der Waals surface area contributed by atoms with E-state index in [1.165, 1.54) is 5.56 Å². The molecule has 1 aliphatic heterocycles. The average molecular weight is 349 g/mol. The van der Waals surface area contributed by atoms with Gasteiger partial charge in [-0.3, -0.25) is 10.00 Å². The molecule has 1 N–H and O–H groups in total. The zero-order valence-electron chi connectivity index (χ0n) is 13.7. The van der Waals surface area contributed by atoms with Crippen molar-refractivity contribution in [3.05, 3.63) is 46.6 Å². The van der Waals surface area contributed by atoms with E-state index in [2.05, 4.69) is 10.4 Å². The smallest absolute Gasteiger partial charge is 0.323 e. The highest BCUT2D eigenvalue weighted by Crippen LogP contribution is 2.23. The van der Waals surface area contributed by atoms with Crippen LogP contribution >= 0.6 is 11.6 Å². The summed E-state index contributed by atoms with van der Waals surface area (Å²) >= 11 is 6.05. The van der Waals surface area contributed by atoms with E-state index in [0.29, 0.717) is 30.5 Å². The molecule has 0 fully saturated rings. The summed E-state index contributed by atoms with van der Waals surface area (Å²) in [7, 11) is 1.68. The molecular weight excluding hydrogens is 328 g/mol. The van der Waals surface area contributed by atoms with E-state index in [1.54, 1.807) is 22.8 Å². The van der Waals surface area contributed by atoms with Crippen LogP contribution in [0.1, 0.15) is 17.5 Å². The number of hydrogen-bond acceptors (Lipinski definition) is 3. The van der Waals surface area contributed by atoms with Crippen LogP contribution in [0.5, 0.6) is 0 Å². The van der Waals surface area contributed by atoms with Crippen molar-refractivity contribution < 1.29 is 9.53 Å². The highest BCUT2D eigenvalue weighted by Gasteiger charge is 2.21. The van der Waals surface area contributed by atoms with E-state index in [0.717, 1.165) is 24.9 Å². The number of amides is 2. The molecular formula is C17H21ClN4O2. The highest BCUT2D eigenvalue weighted by molar-refractivity contribution is 6.30. The van der Waals surface area contributed by atoms with E-state index >= 15 is 0 Å². The standard InChI is InChI=1S/C17H21ClN4O2/c1-24-10-2-7-22-9-6-16(20-22)19-17(23)21-8-5-13-3-4-15(18)11-14(13)12-21/h3-4,6,9,11H,2,5,7-8,10,12H2,1H3,(H,19,20,23). The summed E-state index contributed by atoms with van der Waals surface area (Å²) in [5.74, 6) is 0.564. The maximum atomic E-state index is 12.4. The molecule has 0 aliphatic carbocycles. The number of nitrogens with zero attached hydrogens (tertiary/aromatic N) is 3. The number of ether oxygens (including phenoxy) is 1. The van der Waals surface area contributed by atoms with Crippen molar-refractivity contribution in [3.63, 3.8) is 0 Å². The molecule has 0 unspecified atom stereocenters. The van der Waals surface area contributed by atoms with Crippen LogP contribution in [0.3, 0.4) is 0 Å². The number of benzene rings is 1. The molecule has 1 aliphatic rings. The van der Waals surface area contributed by atoms with E-state index in [4.69, 9.17) is 16.3 Å². The van der Waals surface area contributed by atoms with Gasteiger partial charge in [0.2, 0.25) is 0 Å². The number of hydrogen-bond donors (Lipinski definition) is 1. The normalized spacial score (nSPS) is 13.7. The third kappa shape index (κ3) is 4.07. The van der Waals surface area contributed by atoms with E-state index < -0.39 is 0 Å². The molecule has 3 rings (SSSR count). The topological polar surface area (TPSA) is 59.4 Å². The quantitative estimate of drug-likeness (QED) is 0.844. The Labute approximate surface area is 146 Å². The van der Waals surface area contributed by atoms with Crippen molar-refractivity contribution in [1.82, 2.24) is 14.7 Å². The van der Waals surface area contributed by atoms with Crippen LogP contribution in [0.4, 0.5) is 10.6 Å². The van der Waals surface area contributed by atoms with Crippen LogP contribution in [-0.2, 0) is 24.2 Å². The number of aryl methyl sites for hydroxylation is 1. The van der Waals surface area contributed by atoms with E-state index in [1.807, 2.05) is 24.4 Å². The molecule has 2 amide bonds. The first-order chi connectivity index (χ1) is 11.7. The lowest BCUT2D eigenvalue weighted by Gasteiger charge is -2.28. The van der Waals surface area contributed by atoms with Gasteiger partial charge in [-0.25, -0.2) is 4.79 Å². The molecule has 0 saturated heterocycles. The number of fused-ring (bicyclic) bond motifs is 1. The molecule has 0 spiro atoms. The van der Waals surface area contributed by atoms with Crippen LogP contribution in [0, 0.1) is 0 Å². The first kappa shape index (κ1) is 16.8. The van der Waals surface area contributed by atoms with Crippen LogP contribution in [0.2, 0.25) is 5.02 Å². The van der Waals surface area contributed by atoms with Crippen LogP contribution in [0.25, 0.3) is 0 Å². The first-order valence-corrected chi connectivity index (χ1v) is 8.39. The van der Waals surface area contributed by atoms with Gasteiger partial charge in [-0.05, 0) is 36.1 Å². The molecule has 24 heavy (non-hydrogen) atoms. The summed E-state index contributed by atoms with van der Waals surface area (Å²) in [5.41, 5.74) is 2.36. The van der Waals surface area contributed by atoms with Crippen LogP contribution in [-0.4, -0.2) is 41.0 Å². The van der Waals surface area contributed by atoms with Crippen molar-refractivity contribution in [2.24, 2.45) is 0 Å². The van der Waals surface area contributed by atoms with Crippen LogP contribution < -0.4 is 5.32 Å². The van der Waals surface area contributed by atoms with Gasteiger partial charge >= 0.3 is 6.03 Å². The number of methoxy groups -OCH3 is 1. The molecule has 0 atom stereocenters. The zero-order valence-corrected chi connectivity index (χ0v) is 14.4. The third-order valence-electron chi connectivity index (χ3n) is 4.08. The molecule has 0 bridgehead atoms. The van der Waals surface area contributed by atoms with Gasteiger partial charge < -0.3 is 9.64 Å². The summed E-state index contributed by atoms with van der Waals surface area (Å²) in [5, 5.41) is 7.92. The van der Waals surface area contributed by atoms with Gasteiger partial charge in [0.1, 0.15) is 0 Å². The van der Waals surface area contributed by atoms with E-state index in [9.17, 15) is 4.79 Å². The number of carbonyl (C=O) groups excluding carboxylic acids is 1. The average Bonchev–Trinajstić information content (AvgIpc) is 3.01. The predicted octanol–water partition coefficient (Wildman–Crippen LogP) is 3.16. The lowest BCUT2D eigenvalue weighted by molar-refractivity contribution is 0.189. The van der Waals surface area contributed by atoms with Gasteiger partial charge in [0.05, 0.1) is 0 Å². The van der Waals surface area contributed by atoms with Gasteiger partial charge in [-0.15, -0.1) is 0 Å². The molecule has 128 valence electrons. The van der Waals surface area contributed by atoms with Crippen molar-refractivity contribution in [2.75, 3.05) is 25.6 Å². The van der Waals surface area contributed by atoms with Gasteiger partial charge in [-0.2, -0.15) is 5.10 Å². The molecule has 2 heterocycles. The molecule has 7 heteroatoms. The summed E-state index contributed by atoms with van der Waals surface area (Å²) in [6, 6.07) is 7.53. The fourth-order valence-corrected chi connectivity index (χ4v) is 3.01. The molecule has 0 saturated carbocycles. The maximum absolute atomic E-state index is 12.4. The SMILES string of the molecule is COCCCn1ccc(NC(=O)N2CCc3ccc(Cl)cc3C2)n1. The third-order valence-corrected chi connectivity index (χ3v) is 4.31. The number of nitrogens with one attached hydrogen (secondary N) is 1. The van der Waals surface area contributed by atoms with Crippen molar-refractivity contribution >= 4 is 23.4 Å². The lowest BCUT2D eigenvalue weighted by atomic mass is 10.0. The summed E-state index contributed by atoms with van der Waals surface area (Å²) in [6.07, 6.45) is 3.58. The number of anilines is 1. The van der Waals surface area contributed by atoms with Gasteiger partial charge in [0.15, 0.2) is 5.82 Å². The Morgan fingerprint density at radius 3 is 3.08 bits per heavy atom. The monoisotopic (exact) mass is 348 g/mol. The molecule has 6 nitrogen and oxygen atoms in total. The number of aromatic nitrogens is 2. The Morgan fingerprint density at radius 1 is 1.38 bits per heavy atom. The Morgan fingerprint density at radius 2 is 2.25 bits per heavy atom. The summed E-state index contributed by atoms with van der Waals surface area (Å²) in [4.78, 5) is 14.2. The molecule has 1 aromatic heterocycles. The minimum absolute atomic E-state index is 0.136. The second-order valence-electron chi connectivity index (χ2n) is 5.83. The highest BCUT2D eigenvalue weighted by atomic mass is 35.5. The molecule has 0 radical (unpaired) electrons. The largest absolute Gasteiger partial charge is 0.385 e. The number of rotatable bonds is 5. The van der Waals surface area contributed by atoms with Crippen molar-refractivity contribution in [3.8, 4) is 0 Å². The number of halogens is 1. The van der Waals surface area contributed by atoms with Crippen LogP contribution in [0.15, 0.2) is 30.5 Å². The predicted molar refractivity (Wildman–Crippen MR) is 93.3 cm³/mol. The van der Waals surface area contributed by atoms with Crippen molar-refractivity contribution in [1.29, 1.82) is 0 Å². The minimum atomic E-state index is -0.136.